The summed E-state index contributed by atoms with van der Waals surface area (Å²) in [6.07, 6.45) is 1.90. The van der Waals surface area contributed by atoms with Crippen LogP contribution in [-0.2, 0) is 14.6 Å². The van der Waals surface area contributed by atoms with Crippen molar-refractivity contribution in [2.24, 2.45) is 0 Å². The zero-order valence-corrected chi connectivity index (χ0v) is 18.0. The van der Waals surface area contributed by atoms with Crippen molar-refractivity contribution in [2.45, 2.75) is 23.1 Å². The van der Waals surface area contributed by atoms with Crippen LogP contribution in [0.1, 0.15) is 12.0 Å². The van der Waals surface area contributed by atoms with Crippen molar-refractivity contribution in [1.29, 1.82) is 0 Å². The molecular weight excluding hydrogens is 412 g/mol. The van der Waals surface area contributed by atoms with Gasteiger partial charge in [0.2, 0.25) is 5.91 Å². The summed E-state index contributed by atoms with van der Waals surface area (Å²) in [6.45, 7) is 1.89. The number of sulfone groups is 1. The Morgan fingerprint density at radius 2 is 1.79 bits per heavy atom. The van der Waals surface area contributed by atoms with Crippen LogP contribution < -0.4 is 5.32 Å². The highest BCUT2D eigenvalue weighted by Gasteiger charge is 2.17. The first-order chi connectivity index (χ1) is 13.4. The Balaban J connectivity index is 1.59. The van der Waals surface area contributed by atoms with E-state index in [1.54, 1.807) is 36.0 Å². The molecule has 1 N–H and O–H groups in total. The van der Waals surface area contributed by atoms with Crippen LogP contribution in [0, 0.1) is 6.92 Å². The molecule has 0 saturated heterocycles. The highest BCUT2D eigenvalue weighted by Crippen LogP contribution is 2.27. The Morgan fingerprint density at radius 1 is 1.11 bits per heavy atom. The number of nitrogens with zero attached hydrogens (tertiary/aromatic N) is 1. The number of nitrogens with one attached hydrogen (secondary N) is 1. The molecule has 0 saturated carbocycles. The van der Waals surface area contributed by atoms with E-state index < -0.39 is 9.84 Å². The molecule has 0 aliphatic heterocycles. The van der Waals surface area contributed by atoms with Crippen LogP contribution >= 0.6 is 23.1 Å². The summed E-state index contributed by atoms with van der Waals surface area (Å²) in [4.78, 5) is 18.0. The summed E-state index contributed by atoms with van der Waals surface area (Å²) in [5.41, 5.74) is 2.73. The lowest BCUT2D eigenvalue weighted by Gasteiger charge is -2.05. The standard InChI is InChI=1S/C20H20N2O3S3/c1-14-3-9-17(10-4-14)28(24,25)12-11-19(23)22-20-21-18(13-27-20)15-5-7-16(26-2)8-6-15/h3-10,13H,11-12H2,1-2H3,(H,21,22,23). The predicted molar refractivity (Wildman–Crippen MR) is 116 cm³/mol. The molecule has 0 aliphatic carbocycles. The van der Waals surface area contributed by atoms with Gasteiger partial charge in [-0.3, -0.25) is 4.79 Å². The lowest BCUT2D eigenvalue weighted by molar-refractivity contribution is -0.115. The van der Waals surface area contributed by atoms with E-state index in [9.17, 15) is 13.2 Å². The van der Waals surface area contributed by atoms with Gasteiger partial charge in [-0.2, -0.15) is 0 Å². The van der Waals surface area contributed by atoms with E-state index in [4.69, 9.17) is 0 Å². The first kappa shape index (κ1) is 20.6. The molecule has 0 radical (unpaired) electrons. The van der Waals surface area contributed by atoms with Gasteiger partial charge in [-0.25, -0.2) is 13.4 Å². The smallest absolute Gasteiger partial charge is 0.227 e. The number of hydrogen-bond donors (Lipinski definition) is 1. The molecular formula is C20H20N2O3S3. The SMILES string of the molecule is CSc1ccc(-c2csc(NC(=O)CCS(=O)(=O)c3ccc(C)cc3)n2)cc1. The summed E-state index contributed by atoms with van der Waals surface area (Å²) in [5.74, 6) is -0.606. The number of carbonyl (C=O) groups is 1. The number of aryl methyl sites for hydroxylation is 1. The molecule has 28 heavy (non-hydrogen) atoms. The fourth-order valence-electron chi connectivity index (χ4n) is 2.50. The van der Waals surface area contributed by atoms with Gasteiger partial charge in [0.25, 0.3) is 0 Å². The molecule has 5 nitrogen and oxygen atoms in total. The van der Waals surface area contributed by atoms with Crippen molar-refractivity contribution >= 4 is 44.0 Å². The minimum absolute atomic E-state index is 0.118. The average molecular weight is 433 g/mol. The Bertz CT molecular complexity index is 1060. The van der Waals surface area contributed by atoms with E-state index in [1.165, 1.54) is 16.2 Å². The van der Waals surface area contributed by atoms with Crippen molar-refractivity contribution in [3.05, 3.63) is 59.5 Å². The Labute approximate surface area is 173 Å². The molecule has 0 atom stereocenters. The maximum absolute atomic E-state index is 12.3. The minimum atomic E-state index is -3.49. The molecule has 2 aromatic carbocycles. The number of carbonyl (C=O) groups excluding carboxylic acids is 1. The molecule has 1 heterocycles. The zero-order valence-electron chi connectivity index (χ0n) is 15.5. The second-order valence-corrected chi connectivity index (χ2v) is 10.0. The molecule has 8 heteroatoms. The molecule has 3 rings (SSSR count). The Hall–Kier alpha value is -2.16. The second-order valence-electron chi connectivity index (χ2n) is 6.20. The summed E-state index contributed by atoms with van der Waals surface area (Å²) in [7, 11) is -3.49. The van der Waals surface area contributed by atoms with Crippen LogP contribution in [0.25, 0.3) is 11.3 Å². The quantitative estimate of drug-likeness (QED) is 0.550. The van der Waals surface area contributed by atoms with Crippen LogP contribution in [0.3, 0.4) is 0 Å². The van der Waals surface area contributed by atoms with Gasteiger partial charge in [-0.15, -0.1) is 23.1 Å². The van der Waals surface area contributed by atoms with Crippen LogP contribution in [-0.4, -0.2) is 31.3 Å². The number of anilines is 1. The van der Waals surface area contributed by atoms with Crippen LogP contribution in [0.15, 0.2) is 63.7 Å². The molecule has 0 unspecified atom stereocenters. The van der Waals surface area contributed by atoms with Crippen molar-refractivity contribution in [3.63, 3.8) is 0 Å². The lowest BCUT2D eigenvalue weighted by Crippen LogP contribution is -2.17. The zero-order chi connectivity index (χ0) is 20.1. The lowest BCUT2D eigenvalue weighted by atomic mass is 10.2. The number of hydrogen-bond acceptors (Lipinski definition) is 6. The van der Waals surface area contributed by atoms with E-state index in [2.05, 4.69) is 10.3 Å². The largest absolute Gasteiger partial charge is 0.302 e. The van der Waals surface area contributed by atoms with Gasteiger partial charge in [-0.1, -0.05) is 29.8 Å². The average Bonchev–Trinajstić information content (AvgIpc) is 3.15. The molecule has 0 spiro atoms. The number of amides is 1. The van der Waals surface area contributed by atoms with Crippen LogP contribution in [0.5, 0.6) is 0 Å². The van der Waals surface area contributed by atoms with Gasteiger partial charge in [0.15, 0.2) is 15.0 Å². The third kappa shape index (κ3) is 5.21. The van der Waals surface area contributed by atoms with Crippen LogP contribution in [0.2, 0.25) is 0 Å². The fraction of sp³-hybridized carbons (Fsp3) is 0.200. The van der Waals surface area contributed by atoms with Crippen molar-refractivity contribution in [3.8, 4) is 11.3 Å². The number of thioether (sulfide) groups is 1. The third-order valence-corrected chi connectivity index (χ3v) is 7.35. The summed E-state index contributed by atoms with van der Waals surface area (Å²) < 4.78 is 24.7. The van der Waals surface area contributed by atoms with Gasteiger partial charge in [0.1, 0.15) is 0 Å². The van der Waals surface area contributed by atoms with Crippen molar-refractivity contribution in [2.75, 3.05) is 17.3 Å². The van der Waals surface area contributed by atoms with Gasteiger partial charge < -0.3 is 5.32 Å². The number of aromatic nitrogens is 1. The molecule has 1 aromatic heterocycles. The number of thiazole rings is 1. The predicted octanol–water partition coefficient (Wildman–Crippen LogP) is 4.64. The molecule has 0 bridgehead atoms. The Morgan fingerprint density at radius 3 is 2.43 bits per heavy atom. The van der Waals surface area contributed by atoms with Crippen LogP contribution in [0.4, 0.5) is 5.13 Å². The second kappa shape index (κ2) is 8.89. The highest BCUT2D eigenvalue weighted by molar-refractivity contribution is 7.98. The first-order valence-electron chi connectivity index (χ1n) is 8.56. The monoisotopic (exact) mass is 432 g/mol. The van der Waals surface area contributed by atoms with E-state index in [1.807, 2.05) is 42.8 Å². The van der Waals surface area contributed by atoms with E-state index >= 15 is 0 Å². The van der Waals surface area contributed by atoms with Gasteiger partial charge in [0.05, 0.1) is 16.3 Å². The number of rotatable bonds is 7. The van der Waals surface area contributed by atoms with E-state index in [0.29, 0.717) is 5.13 Å². The minimum Gasteiger partial charge on any atom is -0.302 e. The van der Waals surface area contributed by atoms with Crippen molar-refractivity contribution < 1.29 is 13.2 Å². The summed E-state index contributed by atoms with van der Waals surface area (Å²) in [5, 5.41) is 5.02. The van der Waals surface area contributed by atoms with E-state index in [-0.39, 0.29) is 23.0 Å². The van der Waals surface area contributed by atoms with Gasteiger partial charge >= 0.3 is 0 Å². The summed E-state index contributed by atoms with van der Waals surface area (Å²) >= 11 is 2.99. The molecule has 0 fully saturated rings. The third-order valence-electron chi connectivity index (χ3n) is 4.11. The molecule has 146 valence electrons. The first-order valence-corrected chi connectivity index (χ1v) is 12.3. The summed E-state index contributed by atoms with van der Waals surface area (Å²) in [6, 6.07) is 14.6. The molecule has 0 aliphatic rings. The molecule has 1 amide bonds. The van der Waals surface area contributed by atoms with E-state index in [0.717, 1.165) is 16.8 Å². The fourth-order valence-corrected chi connectivity index (χ4v) is 4.88. The molecule has 3 aromatic rings. The maximum Gasteiger partial charge on any atom is 0.227 e. The maximum atomic E-state index is 12.3. The van der Waals surface area contributed by atoms with Gasteiger partial charge in [-0.05, 0) is 37.4 Å². The van der Waals surface area contributed by atoms with Gasteiger partial charge in [0, 0.05) is 22.3 Å². The highest BCUT2D eigenvalue weighted by atomic mass is 32.2. The van der Waals surface area contributed by atoms with Crippen molar-refractivity contribution in [1.82, 2.24) is 4.98 Å². The normalized spacial score (nSPS) is 11.4. The topological polar surface area (TPSA) is 76.1 Å². The Kier molecular flexibility index (Phi) is 6.53. The number of benzene rings is 2.